The molecule has 21 heteroatoms. The molecule has 2 fully saturated rings. The summed E-state index contributed by atoms with van der Waals surface area (Å²) in [6, 6.07) is 6.91. The molecule has 2 aromatic carbocycles. The predicted molar refractivity (Wildman–Crippen MR) is 289 cm³/mol. The van der Waals surface area contributed by atoms with Crippen molar-refractivity contribution < 1.29 is 53.1 Å². The number of aliphatic hydroxyl groups excluding tert-OH is 1. The van der Waals surface area contributed by atoms with Crippen LogP contribution in [0.2, 0.25) is 0 Å². The highest BCUT2D eigenvalue weighted by atomic mass is 16.3. The molecule has 2 aliphatic rings. The van der Waals surface area contributed by atoms with Crippen LogP contribution in [0.4, 0.5) is 0 Å². The molecule has 0 unspecified atom stereocenters. The molecule has 4 rings (SSSR count). The standard InChI is InChI=1S/C56H84N10O11/c1-34(2)30-42-50(71)60-47(56(77)66-27-20-15-21-28-66)54(75)61(8)29-26-45(68)57-36(5)51(72)63(10)44(33-40-24-18-14-19-25-40)48(69)58-41(32-39-22-16-13-17-23-39)53(74)65(12)43(31-35(3)4)49(70)59-46(38(7)67)55(76)62(9)37(6)52(73)64(42)11/h13-14,16-19,22-25,34-38,41-44,46-47,67H,15,20-21,26-33H2,1-12H3,(H,57,68)(H,58,69)(H,59,70)(H,60,71)/t36-,37-,38+,41-,42-,43-,44-,46-,47-/m0/s1. The number of likely N-dealkylation sites (tertiary alicyclic amines) is 1. The summed E-state index contributed by atoms with van der Waals surface area (Å²) in [4.78, 5) is 151. The fourth-order valence-electron chi connectivity index (χ4n) is 9.60. The number of carbonyl (C=O) groups is 10. The van der Waals surface area contributed by atoms with Gasteiger partial charge in [0, 0.05) is 74.1 Å². The van der Waals surface area contributed by atoms with Crippen LogP contribution >= 0.6 is 0 Å². The van der Waals surface area contributed by atoms with E-state index < -0.39 is 114 Å². The van der Waals surface area contributed by atoms with Crippen molar-refractivity contribution in [2.75, 3.05) is 54.9 Å². The lowest BCUT2D eigenvalue weighted by molar-refractivity contribution is -0.152. The zero-order valence-corrected chi connectivity index (χ0v) is 47.1. The van der Waals surface area contributed by atoms with Gasteiger partial charge in [0.2, 0.25) is 47.3 Å². The van der Waals surface area contributed by atoms with E-state index in [9.17, 15) is 53.1 Å². The van der Waals surface area contributed by atoms with Gasteiger partial charge in [-0.05, 0) is 75.8 Å². The van der Waals surface area contributed by atoms with Gasteiger partial charge in [-0.1, -0.05) is 88.4 Å². The SMILES string of the molecule is CC(C)C[C@H]1C(=O)N[C@@H]([C@@H](C)O)C(=O)N(C)[C@@H](C)C(=O)N(C)[C@@H](CC(C)C)C(=O)N[C@H](C(=O)N2CCCCC2)C(=O)N(C)CCC(=O)N[C@@H](C)C(=O)N(C)[C@@H](Cc2ccccc2)C(=O)N[C@@H](Cc2ccccc2)C(=O)N1C. The van der Waals surface area contributed by atoms with Gasteiger partial charge < -0.3 is 55.8 Å². The van der Waals surface area contributed by atoms with Gasteiger partial charge in [0.15, 0.2) is 6.04 Å². The zero-order chi connectivity index (χ0) is 57.4. The van der Waals surface area contributed by atoms with Gasteiger partial charge in [-0.25, -0.2) is 0 Å². The van der Waals surface area contributed by atoms with Gasteiger partial charge >= 0.3 is 0 Å². The Hall–Kier alpha value is -6.90. The number of piperidine rings is 1. The van der Waals surface area contributed by atoms with Crippen LogP contribution < -0.4 is 21.3 Å². The Morgan fingerprint density at radius 3 is 1.55 bits per heavy atom. The highest BCUT2D eigenvalue weighted by Gasteiger charge is 2.42. The Balaban J connectivity index is 1.84. The Bertz CT molecular complexity index is 2380. The highest BCUT2D eigenvalue weighted by molar-refractivity contribution is 6.08. The van der Waals surface area contributed by atoms with E-state index in [0.29, 0.717) is 37.1 Å². The van der Waals surface area contributed by atoms with Crippen LogP contribution in [0, 0.1) is 11.8 Å². The van der Waals surface area contributed by atoms with Crippen LogP contribution in [0.25, 0.3) is 0 Å². The van der Waals surface area contributed by atoms with Gasteiger partial charge in [-0.2, -0.15) is 0 Å². The van der Waals surface area contributed by atoms with Crippen LogP contribution in [0.3, 0.4) is 0 Å². The fourth-order valence-corrected chi connectivity index (χ4v) is 9.60. The van der Waals surface area contributed by atoms with Crippen molar-refractivity contribution in [1.29, 1.82) is 0 Å². The van der Waals surface area contributed by atoms with Gasteiger partial charge in [0.05, 0.1) is 6.10 Å². The van der Waals surface area contributed by atoms with Crippen molar-refractivity contribution >= 4 is 59.1 Å². The molecule has 0 aliphatic carbocycles. The first kappa shape index (κ1) is 62.6. The molecule has 0 radical (unpaired) electrons. The maximum atomic E-state index is 14.9. The van der Waals surface area contributed by atoms with E-state index in [0.717, 1.165) is 21.1 Å². The summed E-state index contributed by atoms with van der Waals surface area (Å²) in [5.74, 6) is -7.72. The van der Waals surface area contributed by atoms with Crippen molar-refractivity contribution in [2.24, 2.45) is 11.8 Å². The topological polar surface area (TPSA) is 258 Å². The molecular formula is C56H84N10O11. The molecule has 424 valence electrons. The van der Waals surface area contributed by atoms with Crippen molar-refractivity contribution in [3.8, 4) is 0 Å². The molecule has 5 N–H and O–H groups in total. The van der Waals surface area contributed by atoms with E-state index in [1.165, 1.54) is 70.7 Å². The Morgan fingerprint density at radius 1 is 0.545 bits per heavy atom. The Labute approximate surface area is 454 Å². The minimum Gasteiger partial charge on any atom is -0.391 e. The molecule has 10 amide bonds. The second kappa shape index (κ2) is 29.0. The van der Waals surface area contributed by atoms with Crippen molar-refractivity contribution in [1.82, 2.24) is 50.7 Å². The first-order valence-electron chi connectivity index (χ1n) is 26.8. The number of aliphatic hydroxyl groups is 1. The number of hydrogen-bond acceptors (Lipinski definition) is 11. The molecule has 9 atom stereocenters. The average molecular weight is 1070 g/mol. The highest BCUT2D eigenvalue weighted by Crippen LogP contribution is 2.20. The number of nitrogens with one attached hydrogen (secondary N) is 4. The first-order chi connectivity index (χ1) is 36.2. The summed E-state index contributed by atoms with van der Waals surface area (Å²) in [6.07, 6.45) is 0.533. The van der Waals surface area contributed by atoms with Crippen LogP contribution in [0.5, 0.6) is 0 Å². The minimum absolute atomic E-state index is 0.00126. The van der Waals surface area contributed by atoms with E-state index >= 15 is 0 Å². The van der Waals surface area contributed by atoms with E-state index in [4.69, 9.17) is 0 Å². The first-order valence-corrected chi connectivity index (χ1v) is 26.8. The normalized spacial score (nSPS) is 25.8. The lowest BCUT2D eigenvalue weighted by Crippen LogP contribution is -2.63. The molecule has 0 bridgehead atoms. The molecule has 2 heterocycles. The lowest BCUT2D eigenvalue weighted by Gasteiger charge is -2.37. The van der Waals surface area contributed by atoms with E-state index in [2.05, 4.69) is 21.3 Å². The third-order valence-corrected chi connectivity index (χ3v) is 14.5. The number of carbonyl (C=O) groups excluding carboxylic acids is 10. The molecule has 2 aromatic rings. The second-order valence-electron chi connectivity index (χ2n) is 21.6. The summed E-state index contributed by atoms with van der Waals surface area (Å²) in [5.41, 5.74) is 1.35. The molecule has 0 spiro atoms. The quantitative estimate of drug-likeness (QED) is 0.211. The maximum Gasteiger partial charge on any atom is 0.254 e. The molecule has 0 aromatic heterocycles. The summed E-state index contributed by atoms with van der Waals surface area (Å²) in [7, 11) is 6.88. The maximum absolute atomic E-state index is 14.9. The number of likely N-dealkylation sites (N-methyl/N-ethyl adjacent to an activating group) is 5. The van der Waals surface area contributed by atoms with Crippen LogP contribution in [0.15, 0.2) is 60.7 Å². The van der Waals surface area contributed by atoms with Gasteiger partial charge in [0.1, 0.15) is 42.3 Å². The summed E-state index contributed by atoms with van der Waals surface area (Å²) in [6.45, 7) is 12.0. The lowest BCUT2D eigenvalue weighted by atomic mass is 9.98. The van der Waals surface area contributed by atoms with Gasteiger partial charge in [-0.3, -0.25) is 47.9 Å². The number of rotatable bonds is 10. The Morgan fingerprint density at radius 2 is 1.03 bits per heavy atom. The zero-order valence-electron chi connectivity index (χ0n) is 47.1. The molecule has 0 saturated carbocycles. The van der Waals surface area contributed by atoms with Crippen LogP contribution in [0.1, 0.15) is 98.1 Å². The minimum atomic E-state index is -1.74. The van der Waals surface area contributed by atoms with Crippen LogP contribution in [-0.2, 0) is 60.8 Å². The summed E-state index contributed by atoms with van der Waals surface area (Å²) >= 11 is 0. The largest absolute Gasteiger partial charge is 0.391 e. The van der Waals surface area contributed by atoms with Gasteiger partial charge in [-0.15, -0.1) is 0 Å². The van der Waals surface area contributed by atoms with Crippen molar-refractivity contribution in [3.05, 3.63) is 71.8 Å². The second-order valence-corrected chi connectivity index (χ2v) is 21.6. The third-order valence-electron chi connectivity index (χ3n) is 14.5. The molecule has 77 heavy (non-hydrogen) atoms. The molecule has 21 nitrogen and oxygen atoms in total. The van der Waals surface area contributed by atoms with Crippen molar-refractivity contribution in [3.63, 3.8) is 0 Å². The fraction of sp³-hybridized carbons (Fsp3) is 0.607. The number of hydrogen-bond donors (Lipinski definition) is 5. The summed E-state index contributed by atoms with van der Waals surface area (Å²) < 4.78 is 0. The number of amides is 10. The summed E-state index contributed by atoms with van der Waals surface area (Å²) in [5, 5.41) is 22.0. The van der Waals surface area contributed by atoms with Crippen LogP contribution in [-0.4, -0.2) is 203 Å². The monoisotopic (exact) mass is 1070 g/mol. The van der Waals surface area contributed by atoms with E-state index in [1.54, 1.807) is 60.7 Å². The Kier molecular flexibility index (Phi) is 23.6. The predicted octanol–water partition coefficient (Wildman–Crippen LogP) is 1.11. The molecular weight excluding hydrogens is 989 g/mol. The third kappa shape index (κ3) is 17.3. The van der Waals surface area contributed by atoms with E-state index in [1.807, 2.05) is 27.7 Å². The smallest absolute Gasteiger partial charge is 0.254 e. The molecule has 2 saturated heterocycles. The average Bonchev–Trinajstić information content (AvgIpc) is 3.40. The number of nitrogens with zero attached hydrogens (tertiary/aromatic N) is 6. The van der Waals surface area contributed by atoms with Gasteiger partial charge in [0.25, 0.3) is 11.8 Å². The van der Waals surface area contributed by atoms with Crippen molar-refractivity contribution in [2.45, 2.75) is 154 Å². The molecule has 2 aliphatic heterocycles. The van der Waals surface area contributed by atoms with E-state index in [-0.39, 0.29) is 50.5 Å². The number of benzene rings is 2.